The smallest absolute Gasteiger partial charge is 0.295 e. The van der Waals surface area contributed by atoms with Gasteiger partial charge in [0, 0.05) is 30.5 Å². The Kier molecular flexibility index (Phi) is 3.37. The molecule has 2 heterocycles. The first-order valence-electron chi connectivity index (χ1n) is 6.07. The van der Waals surface area contributed by atoms with Crippen LogP contribution in [0.3, 0.4) is 0 Å². The van der Waals surface area contributed by atoms with Crippen LogP contribution in [0.2, 0.25) is 5.02 Å². The van der Waals surface area contributed by atoms with Crippen LogP contribution in [-0.2, 0) is 6.54 Å². The van der Waals surface area contributed by atoms with E-state index in [9.17, 15) is 0 Å². The maximum absolute atomic E-state index is 5.90. The van der Waals surface area contributed by atoms with Gasteiger partial charge < -0.3 is 14.3 Å². The minimum Gasteiger partial charge on any atom is -0.424 e. The highest BCUT2D eigenvalue weighted by atomic mass is 35.5. The highest BCUT2D eigenvalue weighted by molar-refractivity contribution is 6.31. The Labute approximate surface area is 115 Å². The molecule has 0 aliphatic heterocycles. The van der Waals surface area contributed by atoms with Gasteiger partial charge in [0.25, 0.3) is 6.01 Å². The van der Waals surface area contributed by atoms with E-state index in [0.717, 1.165) is 30.6 Å². The zero-order valence-electron chi connectivity index (χ0n) is 10.2. The van der Waals surface area contributed by atoms with Crippen molar-refractivity contribution in [2.24, 2.45) is 0 Å². The highest BCUT2D eigenvalue weighted by Crippen LogP contribution is 2.22. The topological polar surface area (TPSA) is 55.9 Å². The molecule has 0 radical (unpaired) electrons. The van der Waals surface area contributed by atoms with Gasteiger partial charge in [-0.1, -0.05) is 11.6 Å². The van der Waals surface area contributed by atoms with E-state index in [2.05, 4.69) is 15.3 Å². The third-order valence-corrected chi connectivity index (χ3v) is 3.01. The maximum atomic E-state index is 5.90. The molecule has 0 aliphatic rings. The summed E-state index contributed by atoms with van der Waals surface area (Å²) in [4.78, 5) is 8.32. The summed E-state index contributed by atoms with van der Waals surface area (Å²) in [6, 6.07) is 5.93. The van der Waals surface area contributed by atoms with Gasteiger partial charge in [0.15, 0.2) is 5.58 Å². The number of hydrogen-bond donors (Lipinski definition) is 1. The molecule has 0 bridgehead atoms. The van der Waals surface area contributed by atoms with Crippen molar-refractivity contribution < 1.29 is 4.42 Å². The van der Waals surface area contributed by atoms with Gasteiger partial charge in [0.1, 0.15) is 5.52 Å². The Hall–Kier alpha value is -2.01. The number of fused-ring (bicyclic) bond motifs is 1. The summed E-state index contributed by atoms with van der Waals surface area (Å²) < 4.78 is 7.60. The molecule has 0 spiro atoms. The minimum atomic E-state index is 0.530. The van der Waals surface area contributed by atoms with Crippen LogP contribution in [0.5, 0.6) is 0 Å². The first kappa shape index (κ1) is 12.0. The molecular weight excluding hydrogens is 264 g/mol. The summed E-state index contributed by atoms with van der Waals surface area (Å²) in [6.45, 7) is 1.71. The van der Waals surface area contributed by atoms with Crippen molar-refractivity contribution in [2.75, 3.05) is 11.9 Å². The standard InChI is InChI=1S/C13H13ClN4O/c14-10-2-3-12-11(8-10)17-13(19-12)16-4-1-6-18-7-5-15-9-18/h2-3,5,7-9H,1,4,6H2,(H,16,17). The van der Waals surface area contributed by atoms with Gasteiger partial charge in [0.2, 0.25) is 0 Å². The van der Waals surface area contributed by atoms with Gasteiger partial charge in [-0.3, -0.25) is 0 Å². The van der Waals surface area contributed by atoms with Crippen LogP contribution in [0.4, 0.5) is 6.01 Å². The lowest BCUT2D eigenvalue weighted by Gasteiger charge is -2.02. The molecule has 0 saturated heterocycles. The Balaban J connectivity index is 1.56. The number of rotatable bonds is 5. The fourth-order valence-corrected chi connectivity index (χ4v) is 2.02. The van der Waals surface area contributed by atoms with E-state index in [1.54, 1.807) is 24.7 Å². The Morgan fingerprint density at radius 1 is 1.37 bits per heavy atom. The average molecular weight is 277 g/mol. The van der Waals surface area contributed by atoms with Crippen LogP contribution < -0.4 is 5.32 Å². The molecule has 0 unspecified atom stereocenters. The average Bonchev–Trinajstić information content (AvgIpc) is 3.02. The second-order valence-corrected chi connectivity index (χ2v) is 4.65. The maximum Gasteiger partial charge on any atom is 0.295 e. The molecule has 6 heteroatoms. The van der Waals surface area contributed by atoms with Gasteiger partial charge in [-0.25, -0.2) is 4.98 Å². The molecule has 0 amide bonds. The minimum absolute atomic E-state index is 0.530. The predicted octanol–water partition coefficient (Wildman–Crippen LogP) is 3.18. The molecule has 3 aromatic rings. The third kappa shape index (κ3) is 2.88. The monoisotopic (exact) mass is 276 g/mol. The molecule has 2 aromatic heterocycles. The van der Waals surface area contributed by atoms with Crippen molar-refractivity contribution in [3.8, 4) is 0 Å². The Morgan fingerprint density at radius 3 is 3.16 bits per heavy atom. The molecule has 0 atom stereocenters. The summed E-state index contributed by atoms with van der Waals surface area (Å²) in [5.74, 6) is 0. The van der Waals surface area contributed by atoms with Gasteiger partial charge in [-0.15, -0.1) is 0 Å². The van der Waals surface area contributed by atoms with E-state index in [-0.39, 0.29) is 0 Å². The van der Waals surface area contributed by atoms with Crippen molar-refractivity contribution in [2.45, 2.75) is 13.0 Å². The van der Waals surface area contributed by atoms with Crippen LogP contribution in [0.25, 0.3) is 11.1 Å². The molecule has 1 N–H and O–H groups in total. The fraction of sp³-hybridized carbons (Fsp3) is 0.231. The number of aromatic nitrogens is 3. The summed E-state index contributed by atoms with van der Waals surface area (Å²) in [7, 11) is 0. The van der Waals surface area contributed by atoms with Gasteiger partial charge in [-0.05, 0) is 24.6 Å². The van der Waals surface area contributed by atoms with Crippen LogP contribution in [0.1, 0.15) is 6.42 Å². The molecule has 0 aliphatic carbocycles. The molecule has 0 fully saturated rings. The van der Waals surface area contributed by atoms with Crippen molar-refractivity contribution >= 4 is 28.7 Å². The van der Waals surface area contributed by atoms with Crippen molar-refractivity contribution in [3.05, 3.63) is 41.9 Å². The van der Waals surface area contributed by atoms with Crippen molar-refractivity contribution in [1.82, 2.24) is 14.5 Å². The first-order chi connectivity index (χ1) is 9.31. The molecule has 98 valence electrons. The van der Waals surface area contributed by atoms with E-state index in [4.69, 9.17) is 16.0 Å². The van der Waals surface area contributed by atoms with E-state index in [1.165, 1.54) is 0 Å². The zero-order valence-corrected chi connectivity index (χ0v) is 11.0. The van der Waals surface area contributed by atoms with Crippen LogP contribution in [0, 0.1) is 0 Å². The number of hydrogen-bond acceptors (Lipinski definition) is 4. The lowest BCUT2D eigenvalue weighted by molar-refractivity contribution is 0.601. The molecule has 5 nitrogen and oxygen atoms in total. The second-order valence-electron chi connectivity index (χ2n) is 4.21. The molecule has 19 heavy (non-hydrogen) atoms. The zero-order chi connectivity index (χ0) is 13.1. The van der Waals surface area contributed by atoms with E-state index >= 15 is 0 Å². The highest BCUT2D eigenvalue weighted by Gasteiger charge is 2.05. The largest absolute Gasteiger partial charge is 0.424 e. The Morgan fingerprint density at radius 2 is 2.32 bits per heavy atom. The first-order valence-corrected chi connectivity index (χ1v) is 6.45. The summed E-state index contributed by atoms with van der Waals surface area (Å²) in [6.07, 6.45) is 6.50. The predicted molar refractivity (Wildman–Crippen MR) is 74.4 cm³/mol. The second kappa shape index (κ2) is 5.32. The van der Waals surface area contributed by atoms with E-state index in [1.807, 2.05) is 16.8 Å². The van der Waals surface area contributed by atoms with Gasteiger partial charge in [0.05, 0.1) is 6.33 Å². The molecule has 0 saturated carbocycles. The molecular formula is C13H13ClN4O. The summed E-state index contributed by atoms with van der Waals surface area (Å²) >= 11 is 5.90. The molecule has 3 rings (SSSR count). The van der Waals surface area contributed by atoms with Crippen molar-refractivity contribution in [1.29, 1.82) is 0 Å². The summed E-state index contributed by atoms with van der Waals surface area (Å²) in [5.41, 5.74) is 1.51. The molecule has 1 aromatic carbocycles. The van der Waals surface area contributed by atoms with E-state index in [0.29, 0.717) is 11.0 Å². The van der Waals surface area contributed by atoms with E-state index < -0.39 is 0 Å². The van der Waals surface area contributed by atoms with Crippen LogP contribution in [0.15, 0.2) is 41.3 Å². The number of nitrogens with one attached hydrogen (secondary N) is 1. The third-order valence-electron chi connectivity index (χ3n) is 2.78. The van der Waals surface area contributed by atoms with Crippen molar-refractivity contribution in [3.63, 3.8) is 0 Å². The van der Waals surface area contributed by atoms with Crippen LogP contribution in [-0.4, -0.2) is 21.1 Å². The number of anilines is 1. The number of imidazole rings is 1. The number of nitrogens with zero attached hydrogens (tertiary/aromatic N) is 3. The van der Waals surface area contributed by atoms with Crippen LogP contribution >= 0.6 is 11.6 Å². The number of benzene rings is 1. The van der Waals surface area contributed by atoms with Gasteiger partial charge in [-0.2, -0.15) is 4.98 Å². The SMILES string of the molecule is Clc1ccc2oc(NCCCn3ccnc3)nc2c1. The lowest BCUT2D eigenvalue weighted by Crippen LogP contribution is -2.05. The number of aryl methyl sites for hydroxylation is 1. The normalized spacial score (nSPS) is 11.0. The number of oxazole rings is 1. The fourth-order valence-electron chi connectivity index (χ4n) is 1.85. The summed E-state index contributed by atoms with van der Waals surface area (Å²) in [5, 5.41) is 3.82. The van der Waals surface area contributed by atoms with Gasteiger partial charge >= 0.3 is 0 Å². The number of halogens is 1. The Bertz CT molecular complexity index is 662. The quantitative estimate of drug-likeness (QED) is 0.727. The lowest BCUT2D eigenvalue weighted by atomic mass is 10.3.